The van der Waals surface area contributed by atoms with Gasteiger partial charge in [-0.25, -0.2) is 0 Å². The highest BCUT2D eigenvalue weighted by atomic mass is 16.5. The number of hydrogen-bond acceptors (Lipinski definition) is 3. The highest BCUT2D eigenvalue weighted by Gasteiger charge is 2.12. The lowest BCUT2D eigenvalue weighted by atomic mass is 10.2. The molecule has 0 saturated heterocycles. The second-order valence-electron chi connectivity index (χ2n) is 5.15. The maximum Gasteiger partial charge on any atom is 0.251 e. The Kier molecular flexibility index (Phi) is 5.74. The van der Waals surface area contributed by atoms with Gasteiger partial charge < -0.3 is 15.0 Å². The van der Waals surface area contributed by atoms with Crippen molar-refractivity contribution < 1.29 is 14.3 Å². The van der Waals surface area contributed by atoms with Gasteiger partial charge in [-0.15, -0.1) is 0 Å². The van der Waals surface area contributed by atoms with Crippen LogP contribution in [0.5, 0.6) is 5.75 Å². The zero-order valence-corrected chi connectivity index (χ0v) is 13.3. The van der Waals surface area contributed by atoms with E-state index in [1.54, 1.807) is 43.3 Å². The molecule has 0 heterocycles. The number of carbonyl (C=O) groups is 2. The number of rotatable bonds is 6. The van der Waals surface area contributed by atoms with Gasteiger partial charge in [0, 0.05) is 19.2 Å². The van der Waals surface area contributed by atoms with E-state index >= 15 is 0 Å². The van der Waals surface area contributed by atoms with E-state index in [0.717, 1.165) is 5.56 Å². The van der Waals surface area contributed by atoms with Crippen molar-refractivity contribution in [3.05, 3.63) is 65.7 Å². The third kappa shape index (κ3) is 4.85. The van der Waals surface area contributed by atoms with Crippen molar-refractivity contribution in [1.29, 1.82) is 0 Å². The van der Waals surface area contributed by atoms with Crippen molar-refractivity contribution in [2.45, 2.75) is 6.54 Å². The maximum atomic E-state index is 12.1. The third-order valence-corrected chi connectivity index (χ3v) is 3.44. The molecule has 0 aromatic heterocycles. The zero-order chi connectivity index (χ0) is 16.7. The lowest BCUT2D eigenvalue weighted by molar-refractivity contribution is -0.129. The van der Waals surface area contributed by atoms with E-state index in [1.807, 2.05) is 30.3 Å². The fourth-order valence-corrected chi connectivity index (χ4v) is 2.08. The molecular formula is C18H20N2O3. The summed E-state index contributed by atoms with van der Waals surface area (Å²) >= 11 is 0. The van der Waals surface area contributed by atoms with Gasteiger partial charge in [0.25, 0.3) is 5.91 Å². The van der Waals surface area contributed by atoms with Gasteiger partial charge in [-0.2, -0.15) is 0 Å². The molecule has 0 unspecified atom stereocenters. The number of methoxy groups -OCH3 is 1. The van der Waals surface area contributed by atoms with Gasteiger partial charge in [0.15, 0.2) is 0 Å². The summed E-state index contributed by atoms with van der Waals surface area (Å²) in [6, 6.07) is 16.4. The highest BCUT2D eigenvalue weighted by Crippen LogP contribution is 2.11. The number of ether oxygens (including phenoxy) is 1. The van der Waals surface area contributed by atoms with Crippen LogP contribution in [0.2, 0.25) is 0 Å². The molecule has 23 heavy (non-hydrogen) atoms. The number of nitrogens with zero attached hydrogens (tertiary/aromatic N) is 1. The van der Waals surface area contributed by atoms with Crippen LogP contribution in [-0.2, 0) is 11.3 Å². The Balaban J connectivity index is 1.84. The highest BCUT2D eigenvalue weighted by molar-refractivity contribution is 5.96. The summed E-state index contributed by atoms with van der Waals surface area (Å²) in [4.78, 5) is 25.7. The number of benzene rings is 2. The van der Waals surface area contributed by atoms with E-state index in [1.165, 1.54) is 0 Å². The van der Waals surface area contributed by atoms with Crippen LogP contribution in [-0.4, -0.2) is 37.4 Å². The second kappa shape index (κ2) is 7.98. The smallest absolute Gasteiger partial charge is 0.251 e. The summed E-state index contributed by atoms with van der Waals surface area (Å²) in [7, 11) is 3.28. The summed E-state index contributed by atoms with van der Waals surface area (Å²) in [6.45, 7) is 0.478. The molecule has 2 rings (SSSR count). The van der Waals surface area contributed by atoms with Crippen LogP contribution in [0.3, 0.4) is 0 Å². The second-order valence-corrected chi connectivity index (χ2v) is 5.15. The van der Waals surface area contributed by atoms with Crippen LogP contribution in [0.4, 0.5) is 0 Å². The SMILES string of the molecule is COc1ccc(C(=O)NCC(=O)N(C)Cc2ccccc2)cc1. The van der Waals surface area contributed by atoms with Crippen molar-refractivity contribution in [1.82, 2.24) is 10.2 Å². The Bertz CT molecular complexity index is 654. The molecule has 0 spiro atoms. The lowest BCUT2D eigenvalue weighted by Gasteiger charge is -2.17. The minimum absolute atomic E-state index is 0.0335. The van der Waals surface area contributed by atoms with Crippen molar-refractivity contribution in [2.75, 3.05) is 20.7 Å². The Morgan fingerprint density at radius 2 is 1.70 bits per heavy atom. The molecule has 0 aliphatic heterocycles. The molecule has 1 N–H and O–H groups in total. The molecular weight excluding hydrogens is 292 g/mol. The lowest BCUT2D eigenvalue weighted by Crippen LogP contribution is -2.37. The van der Waals surface area contributed by atoms with Crippen molar-refractivity contribution in [2.24, 2.45) is 0 Å². The normalized spacial score (nSPS) is 10.0. The number of nitrogens with one attached hydrogen (secondary N) is 1. The Morgan fingerprint density at radius 1 is 1.04 bits per heavy atom. The number of carbonyl (C=O) groups excluding carboxylic acids is 2. The molecule has 2 aromatic rings. The zero-order valence-electron chi connectivity index (χ0n) is 13.3. The number of hydrogen-bond donors (Lipinski definition) is 1. The predicted molar refractivity (Wildman–Crippen MR) is 88.2 cm³/mol. The monoisotopic (exact) mass is 312 g/mol. The molecule has 0 atom stereocenters. The summed E-state index contributed by atoms with van der Waals surface area (Å²) in [6.07, 6.45) is 0. The summed E-state index contributed by atoms with van der Waals surface area (Å²) in [5.41, 5.74) is 1.54. The standard InChI is InChI=1S/C18H20N2O3/c1-20(13-14-6-4-3-5-7-14)17(21)12-19-18(22)15-8-10-16(23-2)11-9-15/h3-11H,12-13H2,1-2H3,(H,19,22). The molecule has 120 valence electrons. The molecule has 0 aliphatic rings. The summed E-state index contributed by atoms with van der Waals surface area (Å²) in [5, 5.41) is 2.63. The molecule has 0 bridgehead atoms. The average Bonchev–Trinajstić information content (AvgIpc) is 2.60. The van der Waals surface area contributed by atoms with Gasteiger partial charge >= 0.3 is 0 Å². The molecule has 0 aliphatic carbocycles. The Hall–Kier alpha value is -2.82. The molecule has 5 nitrogen and oxygen atoms in total. The molecule has 0 radical (unpaired) electrons. The van der Waals surface area contributed by atoms with E-state index in [9.17, 15) is 9.59 Å². The first kappa shape index (κ1) is 16.5. The van der Waals surface area contributed by atoms with Crippen molar-refractivity contribution in [3.8, 4) is 5.75 Å². The number of amides is 2. The quantitative estimate of drug-likeness (QED) is 0.888. The van der Waals surface area contributed by atoms with E-state index in [-0.39, 0.29) is 18.4 Å². The molecule has 0 saturated carbocycles. The minimum atomic E-state index is -0.283. The first-order valence-corrected chi connectivity index (χ1v) is 7.30. The van der Waals surface area contributed by atoms with Gasteiger partial charge in [0.05, 0.1) is 13.7 Å². The summed E-state index contributed by atoms with van der Waals surface area (Å²) in [5.74, 6) is 0.255. The number of likely N-dealkylation sites (N-methyl/N-ethyl adjacent to an activating group) is 1. The summed E-state index contributed by atoms with van der Waals surface area (Å²) < 4.78 is 5.04. The maximum absolute atomic E-state index is 12.1. The van der Waals surface area contributed by atoms with Crippen LogP contribution >= 0.6 is 0 Å². The van der Waals surface area contributed by atoms with Crippen molar-refractivity contribution in [3.63, 3.8) is 0 Å². The Morgan fingerprint density at radius 3 is 2.30 bits per heavy atom. The minimum Gasteiger partial charge on any atom is -0.497 e. The van der Waals surface area contributed by atoms with Gasteiger partial charge in [-0.1, -0.05) is 30.3 Å². The first-order valence-electron chi connectivity index (χ1n) is 7.30. The van der Waals surface area contributed by atoms with Crippen LogP contribution < -0.4 is 10.1 Å². The molecule has 2 amide bonds. The Labute approximate surface area is 135 Å². The van der Waals surface area contributed by atoms with Crippen LogP contribution in [0.1, 0.15) is 15.9 Å². The van der Waals surface area contributed by atoms with E-state index in [2.05, 4.69) is 5.32 Å². The third-order valence-electron chi connectivity index (χ3n) is 3.44. The fourth-order valence-electron chi connectivity index (χ4n) is 2.08. The van der Waals surface area contributed by atoms with Gasteiger partial charge in [-0.05, 0) is 29.8 Å². The van der Waals surface area contributed by atoms with Gasteiger partial charge in [0.2, 0.25) is 5.91 Å². The van der Waals surface area contributed by atoms with E-state index in [4.69, 9.17) is 4.74 Å². The van der Waals surface area contributed by atoms with Crippen LogP contribution in [0.15, 0.2) is 54.6 Å². The van der Waals surface area contributed by atoms with Gasteiger partial charge in [-0.3, -0.25) is 9.59 Å². The predicted octanol–water partition coefficient (Wildman–Crippen LogP) is 2.08. The average molecular weight is 312 g/mol. The van der Waals surface area contributed by atoms with Crippen molar-refractivity contribution >= 4 is 11.8 Å². The molecule has 5 heteroatoms. The first-order chi connectivity index (χ1) is 11.1. The largest absolute Gasteiger partial charge is 0.497 e. The molecule has 2 aromatic carbocycles. The fraction of sp³-hybridized carbons (Fsp3) is 0.222. The van der Waals surface area contributed by atoms with Gasteiger partial charge in [0.1, 0.15) is 5.75 Å². The van der Waals surface area contributed by atoms with Crippen LogP contribution in [0.25, 0.3) is 0 Å². The molecule has 0 fully saturated rings. The van der Waals surface area contributed by atoms with Crippen LogP contribution in [0, 0.1) is 0 Å². The van der Waals surface area contributed by atoms with E-state index < -0.39 is 0 Å². The topological polar surface area (TPSA) is 58.6 Å². The van der Waals surface area contributed by atoms with E-state index in [0.29, 0.717) is 17.9 Å².